The summed E-state index contributed by atoms with van der Waals surface area (Å²) in [5.74, 6) is 3.74. The van der Waals surface area contributed by atoms with E-state index in [2.05, 4.69) is 0 Å². The third-order valence-electron chi connectivity index (χ3n) is 7.65. The first-order valence-corrected chi connectivity index (χ1v) is 11.3. The Bertz CT molecular complexity index is 579. The summed E-state index contributed by atoms with van der Waals surface area (Å²) < 4.78 is 6.01. The largest absolute Gasteiger partial charge is 0.441 e. The van der Waals surface area contributed by atoms with Gasteiger partial charge in [0, 0.05) is 37.7 Å². The van der Waals surface area contributed by atoms with Crippen LogP contribution in [0.4, 0.5) is 4.79 Å². The third-order valence-corrected chi connectivity index (χ3v) is 9.16. The van der Waals surface area contributed by atoms with Crippen LogP contribution in [0.15, 0.2) is 0 Å². The molecule has 2 amide bonds. The fourth-order valence-corrected chi connectivity index (χ4v) is 8.40. The van der Waals surface area contributed by atoms with E-state index in [4.69, 9.17) is 4.74 Å². The van der Waals surface area contributed by atoms with Crippen molar-refractivity contribution in [3.05, 3.63) is 0 Å². The Kier molecular flexibility index (Phi) is 4.00. The minimum Gasteiger partial charge on any atom is -0.441 e. The maximum Gasteiger partial charge on any atom is 0.410 e. The predicted molar refractivity (Wildman–Crippen MR) is 101 cm³/mol. The van der Waals surface area contributed by atoms with Gasteiger partial charge >= 0.3 is 6.09 Å². The van der Waals surface area contributed by atoms with E-state index in [-0.39, 0.29) is 11.7 Å². The van der Waals surface area contributed by atoms with Gasteiger partial charge in [-0.15, -0.1) is 11.8 Å². The molecule has 4 bridgehead atoms. The zero-order valence-electron chi connectivity index (χ0n) is 15.7. The fraction of sp³-hybridized carbons (Fsp3) is 0.900. The lowest BCUT2D eigenvalue weighted by Gasteiger charge is -2.56. The number of carbonyl (C=O) groups excluding carboxylic acids is 2. The second-order valence-electron chi connectivity index (χ2n) is 9.68. The normalized spacial score (nSPS) is 40.3. The number of likely N-dealkylation sites (tertiary alicyclic amines) is 1. The molecule has 2 aliphatic heterocycles. The lowest BCUT2D eigenvalue weighted by Crippen LogP contribution is -2.51. The highest BCUT2D eigenvalue weighted by Gasteiger charge is 2.51. The van der Waals surface area contributed by atoms with Crippen molar-refractivity contribution in [2.75, 3.05) is 32.4 Å². The summed E-state index contributed by atoms with van der Waals surface area (Å²) in [7, 11) is 1.79. The number of hydrogen-bond donors (Lipinski definition) is 0. The van der Waals surface area contributed by atoms with Crippen molar-refractivity contribution in [3.63, 3.8) is 0 Å². The molecule has 2 heterocycles. The highest BCUT2D eigenvalue weighted by molar-refractivity contribution is 8.01. The van der Waals surface area contributed by atoms with Crippen molar-refractivity contribution in [1.82, 2.24) is 9.80 Å². The summed E-state index contributed by atoms with van der Waals surface area (Å²) in [5, 5.41) is 0. The molecule has 6 aliphatic rings. The lowest BCUT2D eigenvalue weighted by atomic mass is 9.56. The molecule has 0 aromatic carbocycles. The molecule has 2 saturated heterocycles. The second-order valence-corrected chi connectivity index (χ2v) is 11.1. The van der Waals surface area contributed by atoms with Crippen molar-refractivity contribution in [2.24, 2.45) is 17.8 Å². The minimum atomic E-state index is -0.352. The van der Waals surface area contributed by atoms with Crippen LogP contribution >= 0.6 is 11.8 Å². The first-order chi connectivity index (χ1) is 12.4. The molecule has 0 aromatic heterocycles. The van der Waals surface area contributed by atoms with E-state index >= 15 is 0 Å². The van der Waals surface area contributed by atoms with Gasteiger partial charge in [-0.2, -0.15) is 0 Å². The van der Waals surface area contributed by atoms with Gasteiger partial charge in [0.25, 0.3) is 0 Å². The zero-order chi connectivity index (χ0) is 17.9. The monoisotopic (exact) mass is 378 g/mol. The van der Waals surface area contributed by atoms with E-state index in [1.807, 2.05) is 16.7 Å². The topological polar surface area (TPSA) is 49.9 Å². The van der Waals surface area contributed by atoms with Crippen LogP contribution in [0, 0.1) is 17.8 Å². The number of hydrogen-bond acceptors (Lipinski definition) is 4. The van der Waals surface area contributed by atoms with Crippen LogP contribution in [0.25, 0.3) is 0 Å². The Morgan fingerprint density at radius 3 is 2.19 bits per heavy atom. The highest BCUT2D eigenvalue weighted by Crippen LogP contribution is 2.60. The van der Waals surface area contributed by atoms with E-state index in [0.717, 1.165) is 43.7 Å². The Labute approximate surface area is 160 Å². The van der Waals surface area contributed by atoms with Gasteiger partial charge in [0.05, 0.1) is 12.3 Å². The van der Waals surface area contributed by atoms with Gasteiger partial charge in [0.1, 0.15) is 5.60 Å². The van der Waals surface area contributed by atoms with E-state index in [9.17, 15) is 9.59 Å². The van der Waals surface area contributed by atoms with Gasteiger partial charge < -0.3 is 14.5 Å². The number of rotatable bonds is 3. The molecule has 0 atom stereocenters. The van der Waals surface area contributed by atoms with Crippen LogP contribution in [0.5, 0.6) is 0 Å². The molecule has 5 nitrogen and oxygen atoms in total. The summed E-state index contributed by atoms with van der Waals surface area (Å²) in [6, 6.07) is 0. The summed E-state index contributed by atoms with van der Waals surface area (Å²) in [6.45, 7) is 2.11. The average Bonchev–Trinajstić information content (AvgIpc) is 2.86. The van der Waals surface area contributed by atoms with Crippen LogP contribution in [-0.4, -0.2) is 64.6 Å². The number of likely N-dealkylation sites (N-methyl/N-ethyl adjacent to an activating group) is 1. The molecule has 26 heavy (non-hydrogen) atoms. The van der Waals surface area contributed by atoms with Crippen molar-refractivity contribution in [2.45, 2.75) is 61.7 Å². The number of nitrogens with zero attached hydrogens (tertiary/aromatic N) is 2. The molecule has 144 valence electrons. The number of amides is 2. The summed E-state index contributed by atoms with van der Waals surface area (Å²) in [6.07, 6.45) is 9.74. The predicted octanol–water partition coefficient (Wildman–Crippen LogP) is 3.13. The van der Waals surface area contributed by atoms with Gasteiger partial charge in [0.2, 0.25) is 5.91 Å². The molecule has 6 heteroatoms. The lowest BCUT2D eigenvalue weighted by molar-refractivity contribution is -0.131. The van der Waals surface area contributed by atoms with E-state index in [0.29, 0.717) is 23.0 Å². The quantitative estimate of drug-likeness (QED) is 0.757. The Balaban J connectivity index is 1.15. The number of piperidine rings is 1. The van der Waals surface area contributed by atoms with Crippen LogP contribution < -0.4 is 0 Å². The Hall–Kier alpha value is -0.910. The van der Waals surface area contributed by atoms with Gasteiger partial charge in [-0.05, 0) is 56.3 Å². The van der Waals surface area contributed by atoms with Gasteiger partial charge in [-0.25, -0.2) is 4.79 Å². The summed E-state index contributed by atoms with van der Waals surface area (Å²) >= 11 is 1.98. The SMILES string of the molecule is CN1CC2(CCN(C(=O)CSC34CC5CC(CC(C5)C3)C4)CC2)OC1=O. The summed E-state index contributed by atoms with van der Waals surface area (Å²) in [5.41, 5.74) is -0.352. The first kappa shape index (κ1) is 17.2. The van der Waals surface area contributed by atoms with Crippen LogP contribution in [-0.2, 0) is 9.53 Å². The molecule has 0 unspecified atom stereocenters. The average molecular weight is 379 g/mol. The third kappa shape index (κ3) is 2.92. The van der Waals surface area contributed by atoms with E-state index < -0.39 is 0 Å². The molecule has 0 radical (unpaired) electrons. The van der Waals surface area contributed by atoms with Gasteiger partial charge in [0.15, 0.2) is 0 Å². The minimum absolute atomic E-state index is 0.220. The van der Waals surface area contributed by atoms with Crippen molar-refractivity contribution in [1.29, 1.82) is 0 Å². The van der Waals surface area contributed by atoms with Crippen LogP contribution in [0.2, 0.25) is 0 Å². The van der Waals surface area contributed by atoms with E-state index in [1.54, 1.807) is 11.9 Å². The molecule has 0 N–H and O–H groups in total. The molecular weight excluding hydrogens is 348 g/mol. The first-order valence-electron chi connectivity index (χ1n) is 10.3. The van der Waals surface area contributed by atoms with E-state index in [1.165, 1.54) is 38.5 Å². The number of thioether (sulfide) groups is 1. The molecule has 1 spiro atoms. The molecule has 4 aliphatic carbocycles. The maximum atomic E-state index is 12.8. The number of carbonyl (C=O) groups is 2. The zero-order valence-corrected chi connectivity index (χ0v) is 16.6. The van der Waals surface area contributed by atoms with Crippen LogP contribution in [0.3, 0.4) is 0 Å². The summed E-state index contributed by atoms with van der Waals surface area (Å²) in [4.78, 5) is 28.2. The second kappa shape index (κ2) is 6.05. The molecule has 6 fully saturated rings. The highest BCUT2D eigenvalue weighted by atomic mass is 32.2. The Morgan fingerprint density at radius 2 is 1.69 bits per heavy atom. The number of ether oxygens (including phenoxy) is 1. The molecule has 6 rings (SSSR count). The maximum absolute atomic E-state index is 12.8. The van der Waals surface area contributed by atoms with Crippen molar-refractivity contribution >= 4 is 23.8 Å². The smallest absolute Gasteiger partial charge is 0.410 e. The molecule has 0 aromatic rings. The molecule has 4 saturated carbocycles. The fourth-order valence-electron chi connectivity index (χ4n) is 6.73. The Morgan fingerprint density at radius 1 is 1.12 bits per heavy atom. The van der Waals surface area contributed by atoms with Gasteiger partial charge in [-0.1, -0.05) is 0 Å². The standard InChI is InChI=1S/C20H30N2O3S/c1-21-13-19(25-18(21)24)2-4-22(5-3-19)17(23)12-26-20-9-14-6-15(10-20)8-16(7-14)11-20/h14-16H,2-13H2,1H3. The van der Waals surface area contributed by atoms with Crippen LogP contribution in [0.1, 0.15) is 51.4 Å². The molecular formula is C20H30N2O3S. The van der Waals surface area contributed by atoms with Gasteiger partial charge in [-0.3, -0.25) is 4.79 Å². The van der Waals surface area contributed by atoms with Crippen molar-refractivity contribution < 1.29 is 14.3 Å². The van der Waals surface area contributed by atoms with Crippen molar-refractivity contribution in [3.8, 4) is 0 Å².